The molecule has 1 heterocycles. The van der Waals surface area contributed by atoms with Gasteiger partial charge in [0, 0.05) is 12.1 Å². The third-order valence-corrected chi connectivity index (χ3v) is 5.02. The molecule has 27 heavy (non-hydrogen) atoms. The number of hydrogen-bond donors (Lipinski definition) is 2. The van der Waals surface area contributed by atoms with Gasteiger partial charge < -0.3 is 9.30 Å². The number of carbonyl (C=O) groups excluding carboxylic acids is 1. The van der Waals surface area contributed by atoms with Crippen LogP contribution in [-0.2, 0) is 11.3 Å². The normalized spacial score (nSPS) is 10.6. The summed E-state index contributed by atoms with van der Waals surface area (Å²) in [4.78, 5) is 16.8. The highest BCUT2D eigenvalue weighted by Crippen LogP contribution is 2.23. The van der Waals surface area contributed by atoms with Crippen molar-refractivity contribution in [2.75, 3.05) is 12.9 Å². The van der Waals surface area contributed by atoms with Crippen LogP contribution >= 0.6 is 11.8 Å². The van der Waals surface area contributed by atoms with E-state index >= 15 is 0 Å². The lowest BCUT2D eigenvalue weighted by atomic mass is 10.2. The molecule has 1 amide bonds. The van der Waals surface area contributed by atoms with Crippen LogP contribution in [0.2, 0.25) is 0 Å². The summed E-state index contributed by atoms with van der Waals surface area (Å²) >= 11 is 1.41. The Labute approximate surface area is 162 Å². The van der Waals surface area contributed by atoms with Gasteiger partial charge in [0.15, 0.2) is 5.16 Å². The zero-order valence-corrected chi connectivity index (χ0v) is 16.2. The Kier molecular flexibility index (Phi) is 6.03. The Hall–Kier alpha value is -2.93. The van der Waals surface area contributed by atoms with E-state index in [0.29, 0.717) is 5.70 Å². The largest absolute Gasteiger partial charge is 0.497 e. The van der Waals surface area contributed by atoms with Crippen LogP contribution in [0, 0.1) is 0 Å². The first-order valence-electron chi connectivity index (χ1n) is 8.58. The van der Waals surface area contributed by atoms with Gasteiger partial charge in [0.2, 0.25) is 5.91 Å². The van der Waals surface area contributed by atoms with Crippen molar-refractivity contribution in [2.24, 2.45) is 0 Å². The maximum atomic E-state index is 12.2. The van der Waals surface area contributed by atoms with Crippen molar-refractivity contribution >= 4 is 34.4 Å². The molecular formula is C20H22N4O2S. The van der Waals surface area contributed by atoms with E-state index in [-0.39, 0.29) is 11.7 Å². The number of nitrogens with one attached hydrogen (secondary N) is 2. The van der Waals surface area contributed by atoms with Crippen molar-refractivity contribution in [1.82, 2.24) is 20.4 Å². The molecule has 0 spiro atoms. The highest BCUT2D eigenvalue weighted by atomic mass is 32.2. The van der Waals surface area contributed by atoms with Gasteiger partial charge in [-0.15, -0.1) is 0 Å². The molecule has 2 N–H and O–H groups in total. The number of benzene rings is 2. The molecule has 0 radical (unpaired) electrons. The minimum atomic E-state index is -0.154. The fraction of sp³-hybridized carbons (Fsp3) is 0.200. The maximum absolute atomic E-state index is 12.2. The van der Waals surface area contributed by atoms with Gasteiger partial charge in [-0.05, 0) is 31.2 Å². The molecule has 3 aromatic rings. The van der Waals surface area contributed by atoms with E-state index in [1.165, 1.54) is 11.8 Å². The molecule has 0 aliphatic heterocycles. The zero-order valence-electron chi connectivity index (χ0n) is 15.4. The molecule has 0 fully saturated rings. The van der Waals surface area contributed by atoms with E-state index in [9.17, 15) is 4.79 Å². The summed E-state index contributed by atoms with van der Waals surface area (Å²) in [6.07, 6.45) is 0. The molecule has 0 atom stereocenters. The summed E-state index contributed by atoms with van der Waals surface area (Å²) in [6, 6.07) is 15.4. The summed E-state index contributed by atoms with van der Waals surface area (Å²) in [7, 11) is 1.61. The first-order valence-corrected chi connectivity index (χ1v) is 9.57. The fourth-order valence-corrected chi connectivity index (χ4v) is 3.54. The first-order chi connectivity index (χ1) is 13.1. The van der Waals surface area contributed by atoms with Crippen LogP contribution in [0.4, 0.5) is 0 Å². The van der Waals surface area contributed by atoms with Gasteiger partial charge in [0.05, 0.1) is 29.6 Å². The van der Waals surface area contributed by atoms with E-state index in [1.807, 2.05) is 48.5 Å². The average molecular weight is 382 g/mol. The fourth-order valence-electron chi connectivity index (χ4n) is 2.66. The van der Waals surface area contributed by atoms with Crippen molar-refractivity contribution < 1.29 is 9.53 Å². The Balaban J connectivity index is 1.56. The van der Waals surface area contributed by atoms with Gasteiger partial charge in [0.1, 0.15) is 5.75 Å². The number of hydrogen-bond acceptors (Lipinski definition) is 5. The zero-order chi connectivity index (χ0) is 19.2. The van der Waals surface area contributed by atoms with Gasteiger partial charge in [-0.2, -0.15) is 0 Å². The number of amides is 1. The summed E-state index contributed by atoms with van der Waals surface area (Å²) in [5.74, 6) is 0.830. The molecule has 6 nitrogen and oxygen atoms in total. The number of hydrazine groups is 1. The molecule has 140 valence electrons. The van der Waals surface area contributed by atoms with Crippen LogP contribution in [0.15, 0.2) is 60.3 Å². The number of methoxy groups -OCH3 is 1. The summed E-state index contributed by atoms with van der Waals surface area (Å²) < 4.78 is 7.30. The van der Waals surface area contributed by atoms with Crippen molar-refractivity contribution in [3.8, 4) is 5.75 Å². The Morgan fingerprint density at radius 2 is 2.04 bits per heavy atom. The molecule has 0 saturated carbocycles. The second kappa shape index (κ2) is 8.64. The third kappa shape index (κ3) is 4.43. The third-order valence-electron chi connectivity index (χ3n) is 4.04. The minimum absolute atomic E-state index is 0.154. The molecule has 1 aromatic heterocycles. The second-order valence-electron chi connectivity index (χ2n) is 5.80. The second-order valence-corrected chi connectivity index (χ2v) is 6.74. The molecule has 7 heteroatoms. The van der Waals surface area contributed by atoms with Crippen molar-refractivity contribution in [2.45, 2.75) is 18.6 Å². The lowest BCUT2D eigenvalue weighted by Crippen LogP contribution is -2.37. The SMILES string of the molecule is C=C(NNC(=O)CSc1nc2ccccc2n1CC)c1cccc(OC)c1. The predicted octanol–water partition coefficient (Wildman–Crippen LogP) is 3.45. The number of imidazole rings is 1. The topological polar surface area (TPSA) is 68.2 Å². The highest BCUT2D eigenvalue weighted by Gasteiger charge is 2.12. The number of para-hydroxylation sites is 2. The Morgan fingerprint density at radius 3 is 2.81 bits per heavy atom. The van der Waals surface area contributed by atoms with E-state index in [4.69, 9.17) is 4.74 Å². The molecule has 2 aromatic carbocycles. The van der Waals surface area contributed by atoms with E-state index < -0.39 is 0 Å². The van der Waals surface area contributed by atoms with Gasteiger partial charge in [0.25, 0.3) is 0 Å². The van der Waals surface area contributed by atoms with Crippen LogP contribution in [0.3, 0.4) is 0 Å². The number of thioether (sulfide) groups is 1. The van der Waals surface area contributed by atoms with Gasteiger partial charge in [-0.1, -0.05) is 42.6 Å². The van der Waals surface area contributed by atoms with E-state index in [1.54, 1.807) is 7.11 Å². The lowest BCUT2D eigenvalue weighted by Gasteiger charge is -2.12. The van der Waals surface area contributed by atoms with Crippen LogP contribution < -0.4 is 15.6 Å². The van der Waals surface area contributed by atoms with Crippen molar-refractivity contribution in [3.63, 3.8) is 0 Å². The van der Waals surface area contributed by atoms with Gasteiger partial charge >= 0.3 is 0 Å². The molecule has 0 bridgehead atoms. The highest BCUT2D eigenvalue weighted by molar-refractivity contribution is 7.99. The Morgan fingerprint density at radius 1 is 1.22 bits per heavy atom. The van der Waals surface area contributed by atoms with Crippen LogP contribution in [0.25, 0.3) is 16.7 Å². The molecule has 0 saturated heterocycles. The van der Waals surface area contributed by atoms with Crippen LogP contribution in [-0.4, -0.2) is 28.3 Å². The number of aryl methyl sites for hydroxylation is 1. The van der Waals surface area contributed by atoms with Gasteiger partial charge in [-0.25, -0.2) is 4.98 Å². The number of aromatic nitrogens is 2. The van der Waals surface area contributed by atoms with Crippen molar-refractivity contribution in [3.05, 3.63) is 60.7 Å². The number of ether oxygens (including phenoxy) is 1. The molecule has 0 aliphatic rings. The molecule has 0 unspecified atom stereocenters. The lowest BCUT2D eigenvalue weighted by molar-refractivity contribution is -0.119. The monoisotopic (exact) mass is 382 g/mol. The van der Waals surface area contributed by atoms with Crippen molar-refractivity contribution in [1.29, 1.82) is 0 Å². The average Bonchev–Trinajstić information content (AvgIpc) is 3.07. The number of rotatable bonds is 8. The van der Waals surface area contributed by atoms with E-state index in [0.717, 1.165) is 34.0 Å². The van der Waals surface area contributed by atoms with E-state index in [2.05, 4.69) is 33.9 Å². The first kappa shape index (κ1) is 18.8. The molecule has 3 rings (SSSR count). The quantitative estimate of drug-likeness (QED) is 0.461. The maximum Gasteiger partial charge on any atom is 0.248 e. The minimum Gasteiger partial charge on any atom is -0.497 e. The van der Waals surface area contributed by atoms with Gasteiger partial charge in [-0.3, -0.25) is 15.6 Å². The Bertz CT molecular complexity index is 968. The van der Waals surface area contributed by atoms with Crippen LogP contribution in [0.1, 0.15) is 12.5 Å². The summed E-state index contributed by atoms with van der Waals surface area (Å²) in [6.45, 7) is 6.81. The number of nitrogens with zero attached hydrogens (tertiary/aromatic N) is 2. The smallest absolute Gasteiger partial charge is 0.248 e. The van der Waals surface area contributed by atoms with Crippen LogP contribution in [0.5, 0.6) is 5.75 Å². The standard InChI is InChI=1S/C20H22N4O2S/c1-4-24-18-11-6-5-10-17(18)21-20(24)27-13-19(25)23-22-14(2)15-8-7-9-16(12-15)26-3/h5-12,22H,2,4,13H2,1,3H3,(H,23,25). The summed E-state index contributed by atoms with van der Waals surface area (Å²) in [5, 5.41) is 0.834. The number of fused-ring (bicyclic) bond motifs is 1. The molecule has 0 aliphatic carbocycles. The number of carbonyl (C=O) groups is 1. The molecular weight excluding hydrogens is 360 g/mol. The predicted molar refractivity (Wildman–Crippen MR) is 109 cm³/mol. The summed E-state index contributed by atoms with van der Waals surface area (Å²) in [5.41, 5.74) is 8.97.